The minimum absolute atomic E-state index is 0.289. The Morgan fingerprint density at radius 3 is 2.29 bits per heavy atom. The molecular formula is C12H21ClO. The number of alkyl halides is 1. The lowest BCUT2D eigenvalue weighted by atomic mass is 9.62. The summed E-state index contributed by atoms with van der Waals surface area (Å²) in [5.74, 6) is 0. The molecule has 2 heteroatoms. The van der Waals surface area contributed by atoms with Crippen molar-refractivity contribution < 1.29 is 4.74 Å². The summed E-state index contributed by atoms with van der Waals surface area (Å²) < 4.78 is 6.11. The van der Waals surface area contributed by atoms with Crippen molar-refractivity contribution in [1.29, 1.82) is 0 Å². The van der Waals surface area contributed by atoms with Gasteiger partial charge in [-0.15, -0.1) is 11.6 Å². The van der Waals surface area contributed by atoms with Crippen LogP contribution in [0.1, 0.15) is 52.4 Å². The first-order chi connectivity index (χ1) is 6.73. The van der Waals surface area contributed by atoms with Gasteiger partial charge in [0.15, 0.2) is 0 Å². The summed E-state index contributed by atoms with van der Waals surface area (Å²) in [4.78, 5) is 0. The molecule has 0 spiro atoms. The van der Waals surface area contributed by atoms with Crippen LogP contribution in [-0.4, -0.2) is 17.6 Å². The lowest BCUT2D eigenvalue weighted by molar-refractivity contribution is -0.160. The molecule has 2 atom stereocenters. The number of ether oxygens (including phenoxy) is 1. The number of hydrogen-bond donors (Lipinski definition) is 0. The highest BCUT2D eigenvalue weighted by molar-refractivity contribution is 6.21. The summed E-state index contributed by atoms with van der Waals surface area (Å²) in [6, 6.07) is 0. The van der Waals surface area contributed by atoms with Gasteiger partial charge in [-0.2, -0.15) is 0 Å². The van der Waals surface area contributed by atoms with Crippen LogP contribution in [0.15, 0.2) is 0 Å². The monoisotopic (exact) mass is 216 g/mol. The van der Waals surface area contributed by atoms with Gasteiger partial charge in [0.2, 0.25) is 0 Å². The highest BCUT2D eigenvalue weighted by atomic mass is 35.5. The van der Waals surface area contributed by atoms with Gasteiger partial charge in [0, 0.05) is 10.8 Å². The second-order valence-corrected chi connectivity index (χ2v) is 5.35. The van der Waals surface area contributed by atoms with E-state index < -0.39 is 0 Å². The normalized spacial score (nSPS) is 36.2. The Balaban J connectivity index is 1.92. The summed E-state index contributed by atoms with van der Waals surface area (Å²) in [7, 11) is 0. The Kier molecular flexibility index (Phi) is 3.09. The Labute approximate surface area is 92.2 Å². The average Bonchev–Trinajstić information content (AvgIpc) is 2.11. The van der Waals surface area contributed by atoms with Crippen LogP contribution < -0.4 is 0 Å². The van der Waals surface area contributed by atoms with Gasteiger partial charge in [-0.3, -0.25) is 0 Å². The zero-order valence-corrected chi connectivity index (χ0v) is 10.0. The quantitative estimate of drug-likeness (QED) is 0.651. The molecular weight excluding hydrogens is 196 g/mol. The summed E-state index contributed by atoms with van der Waals surface area (Å²) in [5.41, 5.74) is 0.289. The predicted molar refractivity (Wildman–Crippen MR) is 59.8 cm³/mol. The van der Waals surface area contributed by atoms with Crippen LogP contribution in [-0.2, 0) is 4.74 Å². The van der Waals surface area contributed by atoms with E-state index in [1.165, 1.54) is 19.3 Å². The summed E-state index contributed by atoms with van der Waals surface area (Å²) in [6.45, 7) is 4.49. The van der Waals surface area contributed by atoms with Crippen LogP contribution in [0.5, 0.6) is 0 Å². The average molecular weight is 217 g/mol. The van der Waals surface area contributed by atoms with Crippen molar-refractivity contribution in [2.45, 2.75) is 70.0 Å². The molecule has 2 unspecified atom stereocenters. The Bertz CT molecular complexity index is 196. The predicted octanol–water partition coefficient (Wildman–Crippen LogP) is 3.74. The molecule has 2 fully saturated rings. The summed E-state index contributed by atoms with van der Waals surface area (Å²) >= 11 is 6.33. The molecule has 0 aromatic heterocycles. The first kappa shape index (κ1) is 10.8. The topological polar surface area (TPSA) is 9.23 Å². The van der Waals surface area contributed by atoms with E-state index in [1.807, 2.05) is 0 Å². The van der Waals surface area contributed by atoms with Crippen molar-refractivity contribution >= 4 is 11.6 Å². The molecule has 0 bridgehead atoms. The maximum absolute atomic E-state index is 6.33. The third-order valence-electron chi connectivity index (χ3n) is 4.41. The zero-order valence-electron chi connectivity index (χ0n) is 9.26. The molecule has 0 N–H and O–H groups in total. The molecule has 0 aliphatic heterocycles. The molecule has 0 aromatic rings. The minimum atomic E-state index is 0.289. The molecule has 82 valence electrons. The van der Waals surface area contributed by atoms with E-state index >= 15 is 0 Å². The van der Waals surface area contributed by atoms with Crippen molar-refractivity contribution in [2.75, 3.05) is 0 Å². The smallest absolute Gasteiger partial charge is 0.0663 e. The molecule has 0 amide bonds. The van der Waals surface area contributed by atoms with Crippen molar-refractivity contribution in [3.63, 3.8) is 0 Å². The van der Waals surface area contributed by atoms with E-state index in [0.29, 0.717) is 17.6 Å². The maximum atomic E-state index is 6.33. The molecule has 0 radical (unpaired) electrons. The maximum Gasteiger partial charge on any atom is 0.0663 e. The molecule has 2 saturated carbocycles. The van der Waals surface area contributed by atoms with E-state index in [2.05, 4.69) is 13.8 Å². The largest absolute Gasteiger partial charge is 0.374 e. The van der Waals surface area contributed by atoms with Crippen LogP contribution in [0.2, 0.25) is 0 Å². The molecule has 0 heterocycles. The van der Waals surface area contributed by atoms with E-state index in [0.717, 1.165) is 19.3 Å². The number of hydrogen-bond acceptors (Lipinski definition) is 1. The highest BCUT2D eigenvalue weighted by Gasteiger charge is 2.53. The zero-order chi connectivity index (χ0) is 10.2. The van der Waals surface area contributed by atoms with Gasteiger partial charge in [-0.1, -0.05) is 13.8 Å². The summed E-state index contributed by atoms with van der Waals surface area (Å²) in [5, 5.41) is 0.350. The minimum Gasteiger partial charge on any atom is -0.374 e. The van der Waals surface area contributed by atoms with E-state index in [4.69, 9.17) is 16.3 Å². The van der Waals surface area contributed by atoms with Gasteiger partial charge in [0.1, 0.15) is 0 Å². The molecule has 0 aromatic carbocycles. The molecule has 1 nitrogen and oxygen atoms in total. The van der Waals surface area contributed by atoms with E-state index in [9.17, 15) is 0 Å². The van der Waals surface area contributed by atoms with Crippen molar-refractivity contribution in [3.05, 3.63) is 0 Å². The molecule has 2 aliphatic carbocycles. The van der Waals surface area contributed by atoms with Crippen molar-refractivity contribution in [3.8, 4) is 0 Å². The lowest BCUT2D eigenvalue weighted by Gasteiger charge is -2.54. The third-order valence-corrected chi connectivity index (χ3v) is 5.02. The van der Waals surface area contributed by atoms with Gasteiger partial charge < -0.3 is 4.74 Å². The fourth-order valence-electron chi connectivity index (χ4n) is 2.78. The van der Waals surface area contributed by atoms with Gasteiger partial charge in [0.05, 0.1) is 12.2 Å². The lowest BCUT2D eigenvalue weighted by Crippen LogP contribution is -2.56. The number of rotatable bonds is 4. The Morgan fingerprint density at radius 1 is 1.29 bits per heavy atom. The Morgan fingerprint density at radius 2 is 1.93 bits per heavy atom. The molecule has 2 aliphatic rings. The van der Waals surface area contributed by atoms with Crippen LogP contribution in [0, 0.1) is 5.41 Å². The summed E-state index contributed by atoms with van der Waals surface area (Å²) in [6.07, 6.45) is 8.29. The van der Waals surface area contributed by atoms with Gasteiger partial charge >= 0.3 is 0 Å². The first-order valence-corrected chi connectivity index (χ1v) is 6.46. The second-order valence-electron chi connectivity index (χ2n) is 4.82. The molecule has 14 heavy (non-hydrogen) atoms. The van der Waals surface area contributed by atoms with Gasteiger partial charge in [-0.05, 0) is 38.5 Å². The third kappa shape index (κ3) is 1.49. The van der Waals surface area contributed by atoms with Crippen molar-refractivity contribution in [2.24, 2.45) is 5.41 Å². The Hall–Kier alpha value is 0.250. The first-order valence-electron chi connectivity index (χ1n) is 6.02. The second kappa shape index (κ2) is 4.02. The van der Waals surface area contributed by atoms with Crippen molar-refractivity contribution in [1.82, 2.24) is 0 Å². The molecule has 2 rings (SSSR count). The van der Waals surface area contributed by atoms with Gasteiger partial charge in [0.25, 0.3) is 0 Å². The van der Waals surface area contributed by atoms with Crippen LogP contribution >= 0.6 is 11.6 Å². The molecule has 0 saturated heterocycles. The SMILES string of the molecule is CCC1(CC)C(Cl)CC1OC1CCC1. The highest BCUT2D eigenvalue weighted by Crippen LogP contribution is 2.52. The van der Waals surface area contributed by atoms with Crippen LogP contribution in [0.3, 0.4) is 0 Å². The van der Waals surface area contributed by atoms with E-state index in [-0.39, 0.29) is 5.41 Å². The van der Waals surface area contributed by atoms with Crippen LogP contribution in [0.4, 0.5) is 0 Å². The standard InChI is InChI=1S/C12H21ClO/c1-3-12(4-2)10(13)8-11(12)14-9-6-5-7-9/h9-11H,3-8H2,1-2H3. The fraction of sp³-hybridized carbons (Fsp3) is 1.00. The fourth-order valence-corrected chi connectivity index (χ4v) is 3.39. The van der Waals surface area contributed by atoms with E-state index in [1.54, 1.807) is 0 Å². The van der Waals surface area contributed by atoms with Gasteiger partial charge in [-0.25, -0.2) is 0 Å². The number of halogens is 1. The van der Waals surface area contributed by atoms with Crippen LogP contribution in [0.25, 0.3) is 0 Å².